The predicted octanol–water partition coefficient (Wildman–Crippen LogP) is 2.67. The number of halogens is 1. The first-order valence-corrected chi connectivity index (χ1v) is 7.99. The van der Waals surface area contributed by atoms with Gasteiger partial charge >= 0.3 is 0 Å². The van der Waals surface area contributed by atoms with E-state index in [0.29, 0.717) is 17.9 Å². The van der Waals surface area contributed by atoms with Crippen LogP contribution in [0.4, 0.5) is 0 Å². The summed E-state index contributed by atoms with van der Waals surface area (Å²) in [6.45, 7) is 2.09. The highest BCUT2D eigenvalue weighted by Crippen LogP contribution is 2.27. The largest absolute Gasteiger partial charge is 0.503 e. The van der Waals surface area contributed by atoms with Crippen LogP contribution in [-0.2, 0) is 0 Å². The van der Waals surface area contributed by atoms with Gasteiger partial charge in [-0.15, -0.1) is 11.6 Å². The van der Waals surface area contributed by atoms with Crippen molar-refractivity contribution in [2.45, 2.75) is 18.4 Å². The van der Waals surface area contributed by atoms with E-state index in [0.717, 1.165) is 11.1 Å². The summed E-state index contributed by atoms with van der Waals surface area (Å²) in [5, 5.41) is 19.5. The van der Waals surface area contributed by atoms with E-state index in [9.17, 15) is 15.0 Å². The number of aliphatic hydroxyl groups excluding tert-OH is 1. The molecule has 0 spiro atoms. The normalized spacial score (nSPS) is 18.3. The molecule has 2 aromatic rings. The van der Waals surface area contributed by atoms with Crippen LogP contribution in [0.3, 0.4) is 0 Å². The lowest BCUT2D eigenvalue weighted by molar-refractivity contribution is 0.191. The van der Waals surface area contributed by atoms with E-state index in [2.05, 4.69) is 4.99 Å². The van der Waals surface area contributed by atoms with Crippen molar-refractivity contribution in [3.8, 4) is 11.4 Å². The highest BCUT2D eigenvalue weighted by Gasteiger charge is 2.17. The standard InChI is InChI=1S/C18H17ClN2O3/c1-11(22)16-8-17(23)18(24)10-21(16)13-4-2-3-12(7-13)14-5-6-20-9-15(14)19/h2-8,10-11,15,22,24H,9H2,1H3. The summed E-state index contributed by atoms with van der Waals surface area (Å²) in [5.41, 5.74) is 2.47. The molecule has 2 unspecified atom stereocenters. The Labute approximate surface area is 144 Å². The van der Waals surface area contributed by atoms with Crippen LogP contribution < -0.4 is 5.43 Å². The van der Waals surface area contributed by atoms with Crippen LogP contribution in [0, 0.1) is 0 Å². The molecule has 0 radical (unpaired) electrons. The van der Waals surface area contributed by atoms with Gasteiger partial charge < -0.3 is 14.8 Å². The first-order chi connectivity index (χ1) is 11.5. The number of aromatic nitrogens is 1. The summed E-state index contributed by atoms with van der Waals surface area (Å²) in [6, 6.07) is 8.77. The Morgan fingerprint density at radius 3 is 2.88 bits per heavy atom. The van der Waals surface area contributed by atoms with Crippen molar-refractivity contribution in [2.24, 2.45) is 4.99 Å². The van der Waals surface area contributed by atoms with Gasteiger partial charge in [-0.3, -0.25) is 9.79 Å². The number of aliphatic hydroxyl groups is 1. The van der Waals surface area contributed by atoms with Crippen LogP contribution in [0.1, 0.15) is 24.3 Å². The van der Waals surface area contributed by atoms with Gasteiger partial charge in [0.05, 0.1) is 29.9 Å². The molecule has 2 N–H and O–H groups in total. The maximum absolute atomic E-state index is 11.7. The lowest BCUT2D eigenvalue weighted by Crippen LogP contribution is -2.14. The van der Waals surface area contributed by atoms with E-state index in [1.165, 1.54) is 12.3 Å². The Kier molecular flexibility index (Phi) is 4.55. The Hall–Kier alpha value is -2.37. The molecule has 0 saturated carbocycles. The van der Waals surface area contributed by atoms with Gasteiger partial charge in [0.1, 0.15) is 0 Å². The molecule has 3 rings (SSSR count). The van der Waals surface area contributed by atoms with Gasteiger partial charge in [0, 0.05) is 18.0 Å². The van der Waals surface area contributed by atoms with Crippen LogP contribution in [0.25, 0.3) is 11.3 Å². The fraction of sp³-hybridized carbons (Fsp3) is 0.222. The molecule has 1 aromatic carbocycles. The number of rotatable bonds is 3. The molecule has 1 aliphatic rings. The maximum atomic E-state index is 11.7. The van der Waals surface area contributed by atoms with E-state index >= 15 is 0 Å². The van der Waals surface area contributed by atoms with Gasteiger partial charge in [-0.25, -0.2) is 0 Å². The van der Waals surface area contributed by atoms with Gasteiger partial charge in [-0.05, 0) is 36.3 Å². The predicted molar refractivity (Wildman–Crippen MR) is 95.3 cm³/mol. The van der Waals surface area contributed by atoms with Crippen molar-refractivity contribution in [3.05, 3.63) is 64.1 Å². The molecule has 5 nitrogen and oxygen atoms in total. The molecular weight excluding hydrogens is 328 g/mol. The van der Waals surface area contributed by atoms with Crippen molar-refractivity contribution in [2.75, 3.05) is 6.54 Å². The van der Waals surface area contributed by atoms with Crippen LogP contribution in [0.2, 0.25) is 0 Å². The first kappa shape index (κ1) is 16.5. The van der Waals surface area contributed by atoms with Crippen LogP contribution >= 0.6 is 11.6 Å². The Morgan fingerprint density at radius 2 is 2.17 bits per heavy atom. The topological polar surface area (TPSA) is 74.8 Å². The third kappa shape index (κ3) is 3.13. The van der Waals surface area contributed by atoms with Gasteiger partial charge in [0.15, 0.2) is 5.75 Å². The molecule has 1 aliphatic heterocycles. The number of hydrogen-bond acceptors (Lipinski definition) is 4. The third-order valence-electron chi connectivity index (χ3n) is 3.91. The zero-order valence-electron chi connectivity index (χ0n) is 13.1. The van der Waals surface area contributed by atoms with Crippen LogP contribution in [0.15, 0.2) is 52.4 Å². The summed E-state index contributed by atoms with van der Waals surface area (Å²) >= 11 is 6.33. The minimum absolute atomic E-state index is 0.205. The molecule has 2 heterocycles. The summed E-state index contributed by atoms with van der Waals surface area (Å²) in [4.78, 5) is 15.8. The quantitative estimate of drug-likeness (QED) is 0.841. The van der Waals surface area contributed by atoms with Crippen molar-refractivity contribution >= 4 is 23.4 Å². The van der Waals surface area contributed by atoms with Gasteiger partial charge in [0.25, 0.3) is 0 Å². The van der Waals surface area contributed by atoms with Crippen molar-refractivity contribution < 1.29 is 10.2 Å². The van der Waals surface area contributed by atoms with Gasteiger partial charge in [-0.2, -0.15) is 0 Å². The number of aliphatic imine (C=N–C) groups is 1. The lowest BCUT2D eigenvalue weighted by atomic mass is 10.00. The minimum atomic E-state index is -0.858. The number of alkyl halides is 1. The van der Waals surface area contributed by atoms with Crippen molar-refractivity contribution in [1.82, 2.24) is 4.57 Å². The highest BCUT2D eigenvalue weighted by atomic mass is 35.5. The van der Waals surface area contributed by atoms with E-state index in [-0.39, 0.29) is 11.1 Å². The number of benzene rings is 1. The summed E-state index contributed by atoms with van der Waals surface area (Å²) in [5.74, 6) is -0.371. The average Bonchev–Trinajstić information content (AvgIpc) is 2.57. The molecule has 0 saturated heterocycles. The molecule has 0 bridgehead atoms. The molecule has 0 fully saturated rings. The number of nitrogens with zero attached hydrogens (tertiary/aromatic N) is 2. The average molecular weight is 345 g/mol. The van der Waals surface area contributed by atoms with Gasteiger partial charge in [-0.1, -0.05) is 12.1 Å². The number of hydrogen-bond donors (Lipinski definition) is 2. The highest BCUT2D eigenvalue weighted by molar-refractivity contribution is 6.27. The van der Waals surface area contributed by atoms with Gasteiger partial charge in [0.2, 0.25) is 5.43 Å². The number of aromatic hydroxyl groups is 1. The summed E-state index contributed by atoms with van der Waals surface area (Å²) in [6.07, 6.45) is 4.06. The molecule has 1 aromatic heterocycles. The molecule has 0 amide bonds. The second-order valence-electron chi connectivity index (χ2n) is 5.65. The molecule has 6 heteroatoms. The zero-order valence-corrected chi connectivity index (χ0v) is 13.8. The summed E-state index contributed by atoms with van der Waals surface area (Å²) in [7, 11) is 0. The molecule has 0 aliphatic carbocycles. The Balaban J connectivity index is 2.13. The number of dihydropyridines is 1. The second kappa shape index (κ2) is 6.63. The fourth-order valence-corrected chi connectivity index (χ4v) is 2.96. The van der Waals surface area contributed by atoms with Crippen LogP contribution in [0.5, 0.6) is 5.75 Å². The monoisotopic (exact) mass is 344 g/mol. The van der Waals surface area contributed by atoms with E-state index in [4.69, 9.17) is 11.6 Å². The molecular formula is C18H17ClN2O3. The van der Waals surface area contributed by atoms with Crippen molar-refractivity contribution in [3.63, 3.8) is 0 Å². The first-order valence-electron chi connectivity index (χ1n) is 7.56. The van der Waals surface area contributed by atoms with Crippen molar-refractivity contribution in [1.29, 1.82) is 0 Å². The Morgan fingerprint density at radius 1 is 1.38 bits per heavy atom. The molecule has 24 heavy (non-hydrogen) atoms. The third-order valence-corrected chi connectivity index (χ3v) is 4.28. The maximum Gasteiger partial charge on any atom is 0.223 e. The molecule has 2 atom stereocenters. The van der Waals surface area contributed by atoms with Crippen LogP contribution in [-0.4, -0.2) is 32.9 Å². The summed E-state index contributed by atoms with van der Waals surface area (Å²) < 4.78 is 1.60. The van der Waals surface area contributed by atoms with E-state index in [1.807, 2.05) is 30.3 Å². The van der Waals surface area contributed by atoms with E-state index < -0.39 is 11.5 Å². The number of allylic oxidation sites excluding steroid dienone is 1. The lowest BCUT2D eigenvalue weighted by Gasteiger charge is -2.19. The van der Waals surface area contributed by atoms with E-state index in [1.54, 1.807) is 17.7 Å². The SMILES string of the molecule is CC(O)c1cc(=O)c(O)cn1-c1cccc(C2=CC=NCC2Cl)c1. The Bertz CT molecular complexity index is 884. The zero-order chi connectivity index (χ0) is 17.3. The smallest absolute Gasteiger partial charge is 0.223 e. The fourth-order valence-electron chi connectivity index (χ4n) is 2.69. The minimum Gasteiger partial charge on any atom is -0.503 e. The molecule has 124 valence electrons. The number of pyridine rings is 1. The second-order valence-corrected chi connectivity index (χ2v) is 6.17.